The minimum absolute atomic E-state index is 0.143. The molecular formula is C18H18O2. The number of carbonyl (C=O) groups is 1. The van der Waals surface area contributed by atoms with Crippen molar-refractivity contribution in [2.45, 2.75) is 19.3 Å². The molecule has 0 bridgehead atoms. The maximum atomic E-state index is 12.5. The minimum Gasteiger partial charge on any atom is -0.497 e. The van der Waals surface area contributed by atoms with Crippen LogP contribution in [-0.4, -0.2) is 12.9 Å². The van der Waals surface area contributed by atoms with Gasteiger partial charge in [-0.05, 0) is 54.7 Å². The standard InChI is InChI=1S/C18H18O2/c1-12-5-3-4-6-15(12)16-11-17(16)18(19)13-7-9-14(20-2)10-8-13/h3-10,16-17H,11H2,1-2H3. The van der Waals surface area contributed by atoms with Crippen molar-refractivity contribution in [2.24, 2.45) is 5.92 Å². The van der Waals surface area contributed by atoms with Gasteiger partial charge in [-0.2, -0.15) is 0 Å². The largest absolute Gasteiger partial charge is 0.497 e. The van der Waals surface area contributed by atoms with Crippen LogP contribution >= 0.6 is 0 Å². The monoisotopic (exact) mass is 266 g/mol. The summed E-state index contributed by atoms with van der Waals surface area (Å²) in [5.41, 5.74) is 3.38. The van der Waals surface area contributed by atoms with Gasteiger partial charge in [-0.25, -0.2) is 0 Å². The highest BCUT2D eigenvalue weighted by Crippen LogP contribution is 2.50. The lowest BCUT2D eigenvalue weighted by Crippen LogP contribution is -2.03. The van der Waals surface area contributed by atoms with Crippen LogP contribution in [0.1, 0.15) is 33.8 Å². The number of hydrogen-bond donors (Lipinski definition) is 0. The second-order valence-corrected chi connectivity index (χ2v) is 5.40. The van der Waals surface area contributed by atoms with Crippen molar-refractivity contribution < 1.29 is 9.53 Å². The van der Waals surface area contributed by atoms with E-state index in [0.717, 1.165) is 17.7 Å². The highest BCUT2D eigenvalue weighted by Gasteiger charge is 2.44. The minimum atomic E-state index is 0.143. The fourth-order valence-electron chi connectivity index (χ4n) is 2.80. The first kappa shape index (κ1) is 12.9. The molecule has 0 amide bonds. The molecule has 0 saturated heterocycles. The molecule has 1 fully saturated rings. The Bertz CT molecular complexity index is 628. The van der Waals surface area contributed by atoms with E-state index in [2.05, 4.69) is 25.1 Å². The summed E-state index contributed by atoms with van der Waals surface area (Å²) in [6, 6.07) is 15.8. The zero-order chi connectivity index (χ0) is 14.1. The Morgan fingerprint density at radius 2 is 1.80 bits per heavy atom. The lowest BCUT2D eigenvalue weighted by molar-refractivity contribution is 0.0965. The molecule has 2 nitrogen and oxygen atoms in total. The summed E-state index contributed by atoms with van der Waals surface area (Å²) in [6.07, 6.45) is 0.968. The van der Waals surface area contributed by atoms with Crippen LogP contribution in [0, 0.1) is 12.8 Å². The maximum absolute atomic E-state index is 12.5. The molecule has 1 aliphatic rings. The van der Waals surface area contributed by atoms with Crippen LogP contribution in [0.3, 0.4) is 0 Å². The predicted octanol–water partition coefficient (Wildman–Crippen LogP) is 3.99. The van der Waals surface area contributed by atoms with Crippen LogP contribution in [0.4, 0.5) is 0 Å². The number of ketones is 1. The summed E-state index contributed by atoms with van der Waals surface area (Å²) in [5, 5.41) is 0. The third-order valence-corrected chi connectivity index (χ3v) is 4.09. The van der Waals surface area contributed by atoms with E-state index < -0.39 is 0 Å². The SMILES string of the molecule is COc1ccc(C(=O)C2CC2c2ccccc2C)cc1. The quantitative estimate of drug-likeness (QED) is 0.782. The van der Waals surface area contributed by atoms with Crippen LogP contribution in [-0.2, 0) is 0 Å². The van der Waals surface area contributed by atoms with E-state index in [4.69, 9.17) is 4.74 Å². The highest BCUT2D eigenvalue weighted by atomic mass is 16.5. The number of hydrogen-bond acceptors (Lipinski definition) is 2. The first-order valence-electron chi connectivity index (χ1n) is 6.94. The molecule has 2 heteroatoms. The van der Waals surface area contributed by atoms with Crippen molar-refractivity contribution in [3.63, 3.8) is 0 Å². The first-order chi connectivity index (χ1) is 9.70. The average molecular weight is 266 g/mol. The molecule has 102 valence electrons. The third-order valence-electron chi connectivity index (χ3n) is 4.09. The van der Waals surface area contributed by atoms with E-state index >= 15 is 0 Å². The van der Waals surface area contributed by atoms with Crippen molar-refractivity contribution in [3.8, 4) is 5.75 Å². The van der Waals surface area contributed by atoms with Crippen LogP contribution in [0.2, 0.25) is 0 Å². The lowest BCUT2D eigenvalue weighted by atomic mass is 10.00. The number of methoxy groups -OCH3 is 1. The van der Waals surface area contributed by atoms with Gasteiger partial charge in [0.25, 0.3) is 0 Å². The molecule has 2 aromatic rings. The number of aryl methyl sites for hydroxylation is 1. The smallest absolute Gasteiger partial charge is 0.166 e. The fourth-order valence-corrected chi connectivity index (χ4v) is 2.80. The van der Waals surface area contributed by atoms with E-state index in [1.165, 1.54) is 11.1 Å². The fraction of sp³-hybridized carbons (Fsp3) is 0.278. The Hall–Kier alpha value is -2.09. The van der Waals surface area contributed by atoms with Crippen LogP contribution in [0.5, 0.6) is 5.75 Å². The molecule has 20 heavy (non-hydrogen) atoms. The second kappa shape index (κ2) is 5.12. The van der Waals surface area contributed by atoms with Gasteiger partial charge < -0.3 is 4.74 Å². The molecular weight excluding hydrogens is 248 g/mol. The lowest BCUT2D eigenvalue weighted by Gasteiger charge is -2.05. The molecule has 2 unspecified atom stereocenters. The Labute approximate surface area is 119 Å². The molecule has 1 aliphatic carbocycles. The first-order valence-corrected chi connectivity index (χ1v) is 6.94. The molecule has 0 aliphatic heterocycles. The normalized spacial score (nSPS) is 20.5. The van der Waals surface area contributed by atoms with Crippen molar-refractivity contribution >= 4 is 5.78 Å². The van der Waals surface area contributed by atoms with Gasteiger partial charge in [0.1, 0.15) is 5.75 Å². The van der Waals surface area contributed by atoms with Gasteiger partial charge in [0.05, 0.1) is 7.11 Å². The van der Waals surface area contributed by atoms with Gasteiger partial charge in [0.2, 0.25) is 0 Å². The van der Waals surface area contributed by atoms with Gasteiger partial charge in [-0.15, -0.1) is 0 Å². The van der Waals surface area contributed by atoms with Crippen LogP contribution < -0.4 is 4.74 Å². The van der Waals surface area contributed by atoms with E-state index in [0.29, 0.717) is 5.92 Å². The summed E-state index contributed by atoms with van der Waals surface area (Å²) in [4.78, 5) is 12.5. The van der Waals surface area contributed by atoms with Crippen LogP contribution in [0.15, 0.2) is 48.5 Å². The molecule has 2 aromatic carbocycles. The number of Topliss-reactive ketones (excluding diaryl/α,β-unsaturated/α-hetero) is 1. The molecule has 3 rings (SSSR count). The summed E-state index contributed by atoms with van der Waals surface area (Å²) >= 11 is 0. The molecule has 0 heterocycles. The van der Waals surface area contributed by atoms with Crippen molar-refractivity contribution in [3.05, 3.63) is 65.2 Å². The highest BCUT2D eigenvalue weighted by molar-refractivity contribution is 6.00. The topological polar surface area (TPSA) is 26.3 Å². The van der Waals surface area contributed by atoms with Gasteiger partial charge in [0.15, 0.2) is 5.78 Å². The summed E-state index contributed by atoms with van der Waals surface area (Å²) < 4.78 is 5.12. The Balaban J connectivity index is 1.75. The van der Waals surface area contributed by atoms with Crippen molar-refractivity contribution in [2.75, 3.05) is 7.11 Å². The van der Waals surface area contributed by atoms with E-state index in [9.17, 15) is 4.79 Å². The summed E-state index contributed by atoms with van der Waals surface area (Å²) in [7, 11) is 1.63. The molecule has 2 atom stereocenters. The zero-order valence-electron chi connectivity index (χ0n) is 11.8. The van der Waals surface area contributed by atoms with Gasteiger partial charge in [-0.1, -0.05) is 24.3 Å². The molecule has 1 saturated carbocycles. The average Bonchev–Trinajstić information content (AvgIpc) is 3.27. The second-order valence-electron chi connectivity index (χ2n) is 5.40. The Kier molecular flexibility index (Phi) is 3.31. The molecule has 0 aromatic heterocycles. The van der Waals surface area contributed by atoms with Crippen LogP contribution in [0.25, 0.3) is 0 Å². The number of carbonyl (C=O) groups excluding carboxylic acids is 1. The predicted molar refractivity (Wildman–Crippen MR) is 79.4 cm³/mol. The van der Waals surface area contributed by atoms with E-state index in [1.807, 2.05) is 30.3 Å². The summed E-state index contributed by atoms with van der Waals surface area (Å²) in [6.45, 7) is 2.11. The number of benzene rings is 2. The van der Waals surface area contributed by atoms with Crippen molar-refractivity contribution in [1.29, 1.82) is 0 Å². The Morgan fingerprint density at radius 1 is 1.10 bits per heavy atom. The number of ether oxygens (including phenoxy) is 1. The molecule has 0 N–H and O–H groups in total. The van der Waals surface area contributed by atoms with E-state index in [-0.39, 0.29) is 11.7 Å². The molecule has 0 radical (unpaired) electrons. The van der Waals surface area contributed by atoms with Gasteiger partial charge >= 0.3 is 0 Å². The zero-order valence-corrected chi connectivity index (χ0v) is 11.8. The third kappa shape index (κ3) is 2.34. The molecule has 0 spiro atoms. The van der Waals surface area contributed by atoms with Gasteiger partial charge in [-0.3, -0.25) is 4.79 Å². The maximum Gasteiger partial charge on any atom is 0.166 e. The van der Waals surface area contributed by atoms with Crippen molar-refractivity contribution in [1.82, 2.24) is 0 Å². The van der Waals surface area contributed by atoms with E-state index in [1.54, 1.807) is 7.11 Å². The number of rotatable bonds is 4. The Morgan fingerprint density at radius 3 is 2.45 bits per heavy atom. The van der Waals surface area contributed by atoms with Gasteiger partial charge in [0, 0.05) is 11.5 Å². The summed E-state index contributed by atoms with van der Waals surface area (Å²) in [5.74, 6) is 1.57.